The number of amides is 1. The standard InChI is InChI=1S/C12H21N5O/c1-10(12(18)16-7-3-2-4-8-16)17-9-11(5-6-13)14-15-17/h9-10H,2-8,13H2,1H3. The molecule has 0 bridgehead atoms. The highest BCUT2D eigenvalue weighted by Gasteiger charge is 2.24. The molecule has 18 heavy (non-hydrogen) atoms. The third-order valence-electron chi connectivity index (χ3n) is 3.38. The van der Waals surface area contributed by atoms with Gasteiger partial charge >= 0.3 is 0 Å². The lowest BCUT2D eigenvalue weighted by atomic mass is 10.1. The van der Waals surface area contributed by atoms with Gasteiger partial charge in [-0.3, -0.25) is 4.79 Å². The summed E-state index contributed by atoms with van der Waals surface area (Å²) in [6, 6.07) is -0.276. The first-order valence-corrected chi connectivity index (χ1v) is 6.62. The second-order valence-corrected chi connectivity index (χ2v) is 4.79. The molecule has 0 aliphatic carbocycles. The number of likely N-dealkylation sites (tertiary alicyclic amines) is 1. The minimum atomic E-state index is -0.276. The van der Waals surface area contributed by atoms with Gasteiger partial charge in [-0.25, -0.2) is 4.68 Å². The molecule has 1 saturated heterocycles. The van der Waals surface area contributed by atoms with Crippen molar-refractivity contribution >= 4 is 5.91 Å². The molecule has 0 radical (unpaired) electrons. The maximum absolute atomic E-state index is 12.3. The monoisotopic (exact) mass is 251 g/mol. The molecular weight excluding hydrogens is 230 g/mol. The van der Waals surface area contributed by atoms with Crippen molar-refractivity contribution in [1.82, 2.24) is 19.9 Å². The second-order valence-electron chi connectivity index (χ2n) is 4.79. The van der Waals surface area contributed by atoms with Crippen LogP contribution in [-0.4, -0.2) is 45.4 Å². The van der Waals surface area contributed by atoms with E-state index < -0.39 is 0 Å². The number of piperidine rings is 1. The van der Waals surface area contributed by atoms with Crippen LogP contribution in [0, 0.1) is 0 Å². The van der Waals surface area contributed by atoms with Gasteiger partial charge < -0.3 is 10.6 Å². The largest absolute Gasteiger partial charge is 0.341 e. The van der Waals surface area contributed by atoms with E-state index in [9.17, 15) is 4.79 Å². The van der Waals surface area contributed by atoms with Gasteiger partial charge in [0.25, 0.3) is 0 Å². The smallest absolute Gasteiger partial charge is 0.247 e. The maximum Gasteiger partial charge on any atom is 0.247 e. The van der Waals surface area contributed by atoms with Crippen molar-refractivity contribution in [3.8, 4) is 0 Å². The summed E-state index contributed by atoms with van der Waals surface area (Å²) in [4.78, 5) is 14.2. The van der Waals surface area contributed by atoms with E-state index in [1.54, 1.807) is 4.68 Å². The summed E-state index contributed by atoms with van der Waals surface area (Å²) in [5.74, 6) is 0.138. The van der Waals surface area contributed by atoms with Crippen LogP contribution < -0.4 is 5.73 Å². The van der Waals surface area contributed by atoms with E-state index in [4.69, 9.17) is 5.73 Å². The lowest BCUT2D eigenvalue weighted by molar-refractivity contribution is -0.135. The Hall–Kier alpha value is -1.43. The lowest BCUT2D eigenvalue weighted by Gasteiger charge is -2.29. The van der Waals surface area contributed by atoms with Crippen molar-refractivity contribution < 1.29 is 4.79 Å². The Morgan fingerprint density at radius 3 is 2.83 bits per heavy atom. The first-order chi connectivity index (χ1) is 8.72. The molecule has 0 spiro atoms. The zero-order valence-corrected chi connectivity index (χ0v) is 10.9. The van der Waals surface area contributed by atoms with E-state index >= 15 is 0 Å². The first-order valence-electron chi connectivity index (χ1n) is 6.62. The molecule has 1 aromatic rings. The average molecular weight is 251 g/mol. The zero-order valence-electron chi connectivity index (χ0n) is 10.9. The summed E-state index contributed by atoms with van der Waals surface area (Å²) in [6.45, 7) is 4.16. The quantitative estimate of drug-likeness (QED) is 0.838. The fourth-order valence-corrected chi connectivity index (χ4v) is 2.26. The van der Waals surface area contributed by atoms with Crippen LogP contribution in [0.25, 0.3) is 0 Å². The van der Waals surface area contributed by atoms with Crippen LogP contribution in [0.4, 0.5) is 0 Å². The molecule has 1 unspecified atom stereocenters. The van der Waals surface area contributed by atoms with Crippen molar-refractivity contribution in [2.75, 3.05) is 19.6 Å². The molecule has 1 amide bonds. The summed E-state index contributed by atoms with van der Waals surface area (Å²) in [5.41, 5.74) is 6.31. The predicted molar refractivity (Wildman–Crippen MR) is 67.9 cm³/mol. The van der Waals surface area contributed by atoms with E-state index in [1.807, 2.05) is 18.0 Å². The Labute approximate surface area is 107 Å². The summed E-state index contributed by atoms with van der Waals surface area (Å²) in [7, 11) is 0. The van der Waals surface area contributed by atoms with Crippen LogP contribution in [0.2, 0.25) is 0 Å². The molecule has 6 heteroatoms. The lowest BCUT2D eigenvalue weighted by Crippen LogP contribution is -2.39. The van der Waals surface area contributed by atoms with Gasteiger partial charge in [0.05, 0.1) is 5.69 Å². The fraction of sp³-hybridized carbons (Fsp3) is 0.750. The minimum absolute atomic E-state index is 0.138. The van der Waals surface area contributed by atoms with Crippen LogP contribution >= 0.6 is 0 Å². The van der Waals surface area contributed by atoms with Crippen molar-refractivity contribution in [2.45, 2.75) is 38.6 Å². The summed E-state index contributed by atoms with van der Waals surface area (Å²) in [5, 5.41) is 8.03. The molecule has 1 aromatic heterocycles. The van der Waals surface area contributed by atoms with E-state index in [0.717, 1.165) is 31.6 Å². The molecule has 1 fully saturated rings. The van der Waals surface area contributed by atoms with E-state index in [-0.39, 0.29) is 11.9 Å². The number of nitrogens with two attached hydrogens (primary N) is 1. The summed E-state index contributed by atoms with van der Waals surface area (Å²) >= 11 is 0. The number of aromatic nitrogens is 3. The van der Waals surface area contributed by atoms with Gasteiger partial charge in [-0.2, -0.15) is 0 Å². The molecule has 2 heterocycles. The molecule has 1 atom stereocenters. The third-order valence-corrected chi connectivity index (χ3v) is 3.38. The fourth-order valence-electron chi connectivity index (χ4n) is 2.26. The molecule has 2 N–H and O–H groups in total. The number of nitrogens with zero attached hydrogens (tertiary/aromatic N) is 4. The summed E-state index contributed by atoms with van der Waals surface area (Å²) in [6.07, 6.45) is 5.95. The van der Waals surface area contributed by atoms with Crippen molar-refractivity contribution in [2.24, 2.45) is 5.73 Å². The number of hydrogen-bond acceptors (Lipinski definition) is 4. The highest BCUT2D eigenvalue weighted by Crippen LogP contribution is 2.15. The van der Waals surface area contributed by atoms with Gasteiger partial charge in [0.1, 0.15) is 6.04 Å². The topological polar surface area (TPSA) is 77.0 Å². The first kappa shape index (κ1) is 13.0. The number of carbonyl (C=O) groups is 1. The second kappa shape index (κ2) is 5.95. The Morgan fingerprint density at radius 1 is 1.44 bits per heavy atom. The van der Waals surface area contributed by atoms with E-state index in [1.165, 1.54) is 6.42 Å². The highest BCUT2D eigenvalue weighted by molar-refractivity contribution is 5.80. The maximum atomic E-state index is 12.3. The van der Waals surface area contributed by atoms with Gasteiger partial charge in [-0.05, 0) is 32.7 Å². The van der Waals surface area contributed by atoms with Crippen LogP contribution in [0.3, 0.4) is 0 Å². The van der Waals surface area contributed by atoms with Crippen molar-refractivity contribution in [3.05, 3.63) is 11.9 Å². The summed E-state index contributed by atoms with van der Waals surface area (Å²) < 4.78 is 1.64. The number of hydrogen-bond donors (Lipinski definition) is 1. The van der Waals surface area contributed by atoms with Crippen LogP contribution in [0.1, 0.15) is 37.9 Å². The van der Waals surface area contributed by atoms with Gasteiger partial charge in [-0.1, -0.05) is 5.21 Å². The van der Waals surface area contributed by atoms with Gasteiger partial charge in [-0.15, -0.1) is 5.10 Å². The molecule has 0 saturated carbocycles. The predicted octanol–water partition coefficient (Wildman–Crippen LogP) is 0.353. The molecule has 6 nitrogen and oxygen atoms in total. The molecule has 100 valence electrons. The van der Waals surface area contributed by atoms with Crippen molar-refractivity contribution in [3.63, 3.8) is 0 Å². The molecule has 2 rings (SSSR count). The Morgan fingerprint density at radius 2 is 2.17 bits per heavy atom. The molecule has 0 aromatic carbocycles. The molecule has 1 aliphatic rings. The number of rotatable bonds is 4. The average Bonchev–Trinajstić information content (AvgIpc) is 2.87. The van der Waals surface area contributed by atoms with Crippen LogP contribution in [0.5, 0.6) is 0 Å². The number of carbonyl (C=O) groups excluding carboxylic acids is 1. The van der Waals surface area contributed by atoms with Crippen molar-refractivity contribution in [1.29, 1.82) is 0 Å². The van der Waals surface area contributed by atoms with E-state index in [0.29, 0.717) is 13.0 Å². The SMILES string of the molecule is CC(C(=O)N1CCCCC1)n1cc(CCN)nn1. The van der Waals surface area contributed by atoms with Gasteiger partial charge in [0, 0.05) is 25.7 Å². The zero-order chi connectivity index (χ0) is 13.0. The van der Waals surface area contributed by atoms with Crippen LogP contribution in [0.15, 0.2) is 6.20 Å². The Bertz CT molecular complexity index is 397. The Balaban J connectivity index is 2.00. The van der Waals surface area contributed by atoms with Gasteiger partial charge in [0.2, 0.25) is 5.91 Å². The van der Waals surface area contributed by atoms with E-state index in [2.05, 4.69) is 10.3 Å². The van der Waals surface area contributed by atoms with Gasteiger partial charge in [0.15, 0.2) is 0 Å². The third kappa shape index (κ3) is 2.87. The Kier molecular flexibility index (Phi) is 4.30. The minimum Gasteiger partial charge on any atom is -0.341 e. The molecule has 1 aliphatic heterocycles. The highest BCUT2D eigenvalue weighted by atomic mass is 16.2. The molecular formula is C12H21N5O. The normalized spacial score (nSPS) is 17.8. The van der Waals surface area contributed by atoms with Crippen LogP contribution in [-0.2, 0) is 11.2 Å².